The molecule has 0 aromatic heterocycles. The molecule has 0 heterocycles. The van der Waals surface area contributed by atoms with Gasteiger partial charge in [0.25, 0.3) is 0 Å². The molecule has 46 heavy (non-hydrogen) atoms. The van der Waals surface area contributed by atoms with E-state index in [1.165, 1.54) is 98.0 Å². The summed E-state index contributed by atoms with van der Waals surface area (Å²) >= 11 is 0. The van der Waals surface area contributed by atoms with Gasteiger partial charge in [-0.3, -0.25) is 0 Å². The average molecular weight is 581 g/mol. The van der Waals surface area contributed by atoms with E-state index in [-0.39, 0.29) is 0 Å². The van der Waals surface area contributed by atoms with Gasteiger partial charge >= 0.3 is 0 Å². The number of rotatable bonds is 3. The van der Waals surface area contributed by atoms with Gasteiger partial charge in [0.15, 0.2) is 0 Å². The molecule has 0 bridgehead atoms. The third kappa shape index (κ3) is 3.62. The van der Waals surface area contributed by atoms with Crippen molar-refractivity contribution in [1.82, 2.24) is 0 Å². The summed E-state index contributed by atoms with van der Waals surface area (Å²) in [6.07, 6.45) is 0. The highest BCUT2D eigenvalue weighted by molar-refractivity contribution is 6.29. The van der Waals surface area contributed by atoms with Crippen molar-refractivity contribution in [2.24, 2.45) is 0 Å². The molecule has 0 radical (unpaired) electrons. The second kappa shape index (κ2) is 9.76. The van der Waals surface area contributed by atoms with E-state index >= 15 is 0 Å². The Hall–Kier alpha value is -5.98. The normalized spacial score (nSPS) is 11.9. The molecule has 0 heteroatoms. The van der Waals surface area contributed by atoms with Crippen LogP contribution < -0.4 is 0 Å². The molecule has 0 aliphatic carbocycles. The van der Waals surface area contributed by atoms with Crippen LogP contribution in [-0.2, 0) is 0 Å². The predicted octanol–water partition coefficient (Wildman–Crippen LogP) is 13.0. The Morgan fingerprint density at radius 3 is 1.39 bits per heavy atom. The molecule has 10 aromatic rings. The monoisotopic (exact) mass is 580 g/mol. The first-order valence-corrected chi connectivity index (χ1v) is 16.0. The van der Waals surface area contributed by atoms with Crippen molar-refractivity contribution >= 4 is 64.6 Å². The van der Waals surface area contributed by atoms with Crippen LogP contribution in [-0.4, -0.2) is 0 Å². The molecular formula is C46H28. The molecular weight excluding hydrogens is 553 g/mol. The SMILES string of the molecule is c1ccc2c(-c3ccc(-c4c5ccccc5c(-c5ccc6ccc7cccc8ccc5c6c78)c5ccccc45)cc3)cccc2c1. The van der Waals surface area contributed by atoms with Crippen molar-refractivity contribution in [3.8, 4) is 33.4 Å². The summed E-state index contributed by atoms with van der Waals surface area (Å²) in [6.45, 7) is 0. The number of hydrogen-bond acceptors (Lipinski definition) is 0. The summed E-state index contributed by atoms with van der Waals surface area (Å²) in [6, 6.07) is 62.8. The van der Waals surface area contributed by atoms with Crippen LogP contribution in [0.15, 0.2) is 170 Å². The fourth-order valence-electron chi connectivity index (χ4n) is 7.98. The van der Waals surface area contributed by atoms with Crippen molar-refractivity contribution < 1.29 is 0 Å². The molecule has 0 unspecified atom stereocenters. The molecule has 0 aliphatic heterocycles. The van der Waals surface area contributed by atoms with Gasteiger partial charge in [-0.15, -0.1) is 0 Å². The Balaban J connectivity index is 1.24. The van der Waals surface area contributed by atoms with Crippen LogP contribution >= 0.6 is 0 Å². The Kier molecular flexibility index (Phi) is 5.38. The summed E-state index contributed by atoms with van der Waals surface area (Å²) in [5, 5.41) is 15.6. The second-order valence-electron chi connectivity index (χ2n) is 12.4. The zero-order valence-corrected chi connectivity index (χ0v) is 25.2. The molecule has 0 nitrogen and oxygen atoms in total. The van der Waals surface area contributed by atoms with E-state index in [1.807, 2.05) is 0 Å². The number of benzene rings is 10. The van der Waals surface area contributed by atoms with E-state index in [0.29, 0.717) is 0 Å². The van der Waals surface area contributed by atoms with E-state index in [0.717, 1.165) is 0 Å². The van der Waals surface area contributed by atoms with Crippen molar-refractivity contribution in [3.05, 3.63) is 170 Å². The van der Waals surface area contributed by atoms with Crippen molar-refractivity contribution in [1.29, 1.82) is 0 Å². The van der Waals surface area contributed by atoms with Crippen LogP contribution in [0.2, 0.25) is 0 Å². The van der Waals surface area contributed by atoms with E-state index < -0.39 is 0 Å². The van der Waals surface area contributed by atoms with E-state index in [9.17, 15) is 0 Å². The number of fused-ring (bicyclic) bond motifs is 3. The Bertz CT molecular complexity index is 2700. The maximum Gasteiger partial charge on any atom is -0.00201 e. The van der Waals surface area contributed by atoms with Crippen molar-refractivity contribution in [2.75, 3.05) is 0 Å². The minimum atomic E-state index is 1.23. The van der Waals surface area contributed by atoms with Crippen LogP contribution in [0.1, 0.15) is 0 Å². The zero-order valence-electron chi connectivity index (χ0n) is 25.2. The van der Waals surface area contributed by atoms with Crippen LogP contribution in [0, 0.1) is 0 Å². The lowest BCUT2D eigenvalue weighted by Crippen LogP contribution is -1.92. The summed E-state index contributed by atoms with van der Waals surface area (Å²) in [7, 11) is 0. The molecule has 10 rings (SSSR count). The first-order valence-electron chi connectivity index (χ1n) is 16.0. The minimum absolute atomic E-state index is 1.23. The fraction of sp³-hybridized carbons (Fsp3) is 0. The molecule has 0 fully saturated rings. The van der Waals surface area contributed by atoms with Crippen LogP contribution in [0.5, 0.6) is 0 Å². The zero-order chi connectivity index (χ0) is 30.2. The topological polar surface area (TPSA) is 0 Å². The molecule has 0 amide bonds. The van der Waals surface area contributed by atoms with E-state index in [1.54, 1.807) is 0 Å². The van der Waals surface area contributed by atoms with Gasteiger partial charge in [-0.25, -0.2) is 0 Å². The molecule has 10 aromatic carbocycles. The highest BCUT2D eigenvalue weighted by Gasteiger charge is 2.19. The average Bonchev–Trinajstić information content (AvgIpc) is 3.13. The summed E-state index contributed by atoms with van der Waals surface area (Å²) < 4.78 is 0. The first-order chi connectivity index (χ1) is 22.8. The molecule has 0 saturated heterocycles. The van der Waals surface area contributed by atoms with Crippen LogP contribution in [0.3, 0.4) is 0 Å². The smallest absolute Gasteiger partial charge is 0.00201 e. The predicted molar refractivity (Wildman–Crippen MR) is 199 cm³/mol. The molecule has 0 spiro atoms. The van der Waals surface area contributed by atoms with Gasteiger partial charge < -0.3 is 0 Å². The number of hydrogen-bond donors (Lipinski definition) is 0. The summed E-state index contributed by atoms with van der Waals surface area (Å²) in [4.78, 5) is 0. The molecule has 0 atom stereocenters. The third-order valence-corrected chi connectivity index (χ3v) is 10.0. The van der Waals surface area contributed by atoms with E-state index in [2.05, 4.69) is 170 Å². The first kappa shape index (κ1) is 25.4. The largest absolute Gasteiger partial charge is 0.0616 e. The maximum atomic E-state index is 2.34. The standard InChI is InChI=1S/C46H28/c1-2-13-35-29(9-1)10-8-18-36(35)30-19-21-33(22-20-30)44-37-14-3-5-16-39(37)46(40-17-6-4-15-38(40)44)42-28-26-34-24-23-31-11-7-12-32-25-27-41(42)45(34)43(31)32/h1-28H. The molecule has 0 saturated carbocycles. The molecule has 212 valence electrons. The van der Waals surface area contributed by atoms with Gasteiger partial charge in [0.2, 0.25) is 0 Å². The lowest BCUT2D eigenvalue weighted by molar-refractivity contribution is 1.63. The van der Waals surface area contributed by atoms with Crippen molar-refractivity contribution in [3.63, 3.8) is 0 Å². The van der Waals surface area contributed by atoms with E-state index in [4.69, 9.17) is 0 Å². The van der Waals surface area contributed by atoms with Gasteiger partial charge in [-0.05, 0) is 98.0 Å². The third-order valence-electron chi connectivity index (χ3n) is 10.0. The second-order valence-corrected chi connectivity index (χ2v) is 12.4. The Morgan fingerprint density at radius 2 is 0.696 bits per heavy atom. The summed E-state index contributed by atoms with van der Waals surface area (Å²) in [5.74, 6) is 0. The quantitative estimate of drug-likeness (QED) is 0.144. The van der Waals surface area contributed by atoms with Crippen LogP contribution in [0.4, 0.5) is 0 Å². The highest BCUT2D eigenvalue weighted by Crippen LogP contribution is 2.47. The Morgan fingerprint density at radius 1 is 0.217 bits per heavy atom. The lowest BCUT2D eigenvalue weighted by Gasteiger charge is -2.20. The summed E-state index contributed by atoms with van der Waals surface area (Å²) in [5.41, 5.74) is 7.62. The van der Waals surface area contributed by atoms with Gasteiger partial charge in [0, 0.05) is 0 Å². The molecule has 0 N–H and O–H groups in total. The molecule has 0 aliphatic rings. The maximum absolute atomic E-state index is 2.34. The van der Waals surface area contributed by atoms with Gasteiger partial charge in [-0.1, -0.05) is 170 Å². The Labute approximate surface area is 267 Å². The van der Waals surface area contributed by atoms with Gasteiger partial charge in [-0.2, -0.15) is 0 Å². The van der Waals surface area contributed by atoms with Crippen molar-refractivity contribution in [2.45, 2.75) is 0 Å². The highest BCUT2D eigenvalue weighted by atomic mass is 14.2. The minimum Gasteiger partial charge on any atom is -0.0616 e. The van der Waals surface area contributed by atoms with Crippen LogP contribution in [0.25, 0.3) is 98.0 Å². The lowest BCUT2D eigenvalue weighted by atomic mass is 9.83. The van der Waals surface area contributed by atoms with Gasteiger partial charge in [0.1, 0.15) is 0 Å². The fourth-order valence-corrected chi connectivity index (χ4v) is 7.98. The van der Waals surface area contributed by atoms with Gasteiger partial charge in [0.05, 0.1) is 0 Å².